The third-order valence-corrected chi connectivity index (χ3v) is 5.77. The number of aryl methyl sites for hydroxylation is 1. The van der Waals surface area contributed by atoms with Gasteiger partial charge in [0.1, 0.15) is 0 Å². The standard InChI is InChI=1S/C19H27N3OS/c1-13(2)6-9-20-18(23)15-7-10-22(11-8-15)19-21-16-5-4-14(3)12-17(16)24-19/h4-5,12-13,15H,6-11H2,1-3H3,(H,20,23). The number of carbonyl (C=O) groups is 1. The Labute approximate surface area is 148 Å². The normalized spacial score (nSPS) is 16.1. The van der Waals surface area contributed by atoms with E-state index in [-0.39, 0.29) is 11.8 Å². The number of fused-ring (bicyclic) bond motifs is 1. The molecule has 0 aliphatic carbocycles. The molecule has 1 aromatic heterocycles. The number of carbonyl (C=O) groups excluding carboxylic acids is 1. The minimum Gasteiger partial charge on any atom is -0.356 e. The molecular formula is C19H27N3OS. The summed E-state index contributed by atoms with van der Waals surface area (Å²) in [6, 6.07) is 6.41. The first-order valence-electron chi connectivity index (χ1n) is 8.93. The van der Waals surface area contributed by atoms with E-state index in [2.05, 4.69) is 49.2 Å². The number of nitrogens with zero attached hydrogens (tertiary/aromatic N) is 2. The fourth-order valence-corrected chi connectivity index (χ4v) is 4.23. The summed E-state index contributed by atoms with van der Waals surface area (Å²) < 4.78 is 1.25. The van der Waals surface area contributed by atoms with E-state index in [1.807, 2.05) is 0 Å². The maximum Gasteiger partial charge on any atom is 0.223 e. The molecule has 0 radical (unpaired) electrons. The van der Waals surface area contributed by atoms with E-state index in [4.69, 9.17) is 4.98 Å². The van der Waals surface area contributed by atoms with Crippen molar-refractivity contribution in [1.29, 1.82) is 0 Å². The maximum absolute atomic E-state index is 12.3. The number of anilines is 1. The lowest BCUT2D eigenvalue weighted by Gasteiger charge is -2.31. The van der Waals surface area contributed by atoms with Gasteiger partial charge in [-0.25, -0.2) is 4.98 Å². The first-order valence-corrected chi connectivity index (χ1v) is 9.74. The van der Waals surface area contributed by atoms with Crippen LogP contribution in [0.25, 0.3) is 10.2 Å². The molecule has 0 saturated carbocycles. The van der Waals surface area contributed by atoms with Gasteiger partial charge < -0.3 is 10.2 Å². The van der Waals surface area contributed by atoms with Crippen molar-refractivity contribution in [3.05, 3.63) is 23.8 Å². The molecule has 1 N–H and O–H groups in total. The van der Waals surface area contributed by atoms with Crippen LogP contribution < -0.4 is 10.2 Å². The van der Waals surface area contributed by atoms with E-state index in [9.17, 15) is 4.79 Å². The molecule has 24 heavy (non-hydrogen) atoms. The summed E-state index contributed by atoms with van der Waals surface area (Å²) >= 11 is 1.76. The maximum atomic E-state index is 12.3. The number of hydrogen-bond donors (Lipinski definition) is 1. The summed E-state index contributed by atoms with van der Waals surface area (Å²) in [4.78, 5) is 19.3. The van der Waals surface area contributed by atoms with Crippen LogP contribution in [0.5, 0.6) is 0 Å². The number of benzene rings is 1. The molecule has 0 atom stereocenters. The molecule has 1 aliphatic rings. The Morgan fingerprint density at radius 1 is 1.38 bits per heavy atom. The molecule has 0 unspecified atom stereocenters. The van der Waals surface area contributed by atoms with E-state index in [0.717, 1.165) is 49.5 Å². The molecule has 3 rings (SSSR count). The van der Waals surface area contributed by atoms with Crippen molar-refractivity contribution in [1.82, 2.24) is 10.3 Å². The molecule has 1 amide bonds. The van der Waals surface area contributed by atoms with Gasteiger partial charge in [-0.05, 0) is 49.8 Å². The Kier molecular flexibility index (Phi) is 5.39. The Morgan fingerprint density at radius 3 is 2.83 bits per heavy atom. The Bertz CT molecular complexity index is 702. The van der Waals surface area contributed by atoms with Gasteiger partial charge in [0.05, 0.1) is 10.2 Å². The largest absolute Gasteiger partial charge is 0.356 e. The van der Waals surface area contributed by atoms with Gasteiger partial charge in [-0.2, -0.15) is 0 Å². The molecule has 0 spiro atoms. The predicted molar refractivity (Wildman–Crippen MR) is 102 cm³/mol. The minimum absolute atomic E-state index is 0.157. The number of piperidine rings is 1. The topological polar surface area (TPSA) is 45.2 Å². The second-order valence-electron chi connectivity index (χ2n) is 7.20. The van der Waals surface area contributed by atoms with Crippen LogP contribution in [0, 0.1) is 18.8 Å². The number of rotatable bonds is 5. The minimum atomic E-state index is 0.157. The first kappa shape index (κ1) is 17.2. The average Bonchev–Trinajstić information content (AvgIpc) is 2.97. The zero-order valence-electron chi connectivity index (χ0n) is 14.8. The lowest BCUT2D eigenvalue weighted by Crippen LogP contribution is -2.40. The van der Waals surface area contributed by atoms with Crippen molar-refractivity contribution in [2.24, 2.45) is 11.8 Å². The van der Waals surface area contributed by atoms with E-state index in [0.29, 0.717) is 5.92 Å². The molecule has 2 heterocycles. The lowest BCUT2D eigenvalue weighted by molar-refractivity contribution is -0.125. The Morgan fingerprint density at radius 2 is 2.12 bits per heavy atom. The summed E-state index contributed by atoms with van der Waals surface area (Å²) in [6.45, 7) is 9.12. The van der Waals surface area contributed by atoms with Crippen LogP contribution in [0.1, 0.15) is 38.7 Å². The molecule has 1 aromatic carbocycles. The number of amides is 1. The van der Waals surface area contributed by atoms with Crippen molar-refractivity contribution < 1.29 is 4.79 Å². The molecule has 5 heteroatoms. The SMILES string of the molecule is Cc1ccc2nc(N3CCC(C(=O)NCCC(C)C)CC3)sc2c1. The molecule has 1 aliphatic heterocycles. The van der Waals surface area contributed by atoms with Crippen molar-refractivity contribution in [2.45, 2.75) is 40.0 Å². The summed E-state index contributed by atoms with van der Waals surface area (Å²) in [7, 11) is 0. The predicted octanol–water partition coefficient (Wildman–Crippen LogP) is 3.98. The van der Waals surface area contributed by atoms with Gasteiger partial charge >= 0.3 is 0 Å². The third kappa shape index (κ3) is 4.07. The van der Waals surface area contributed by atoms with Crippen LogP contribution in [0.15, 0.2) is 18.2 Å². The average molecular weight is 346 g/mol. The van der Waals surface area contributed by atoms with Crippen molar-refractivity contribution in [3.8, 4) is 0 Å². The first-order chi connectivity index (χ1) is 11.5. The van der Waals surface area contributed by atoms with E-state index in [1.165, 1.54) is 10.3 Å². The molecule has 1 saturated heterocycles. The van der Waals surface area contributed by atoms with Crippen LogP contribution in [-0.2, 0) is 4.79 Å². The fourth-order valence-electron chi connectivity index (χ4n) is 3.12. The van der Waals surface area contributed by atoms with Crippen molar-refractivity contribution >= 4 is 32.6 Å². The molecular weight excluding hydrogens is 318 g/mol. The zero-order chi connectivity index (χ0) is 17.1. The van der Waals surface area contributed by atoms with Crippen LogP contribution in [-0.4, -0.2) is 30.5 Å². The molecule has 4 nitrogen and oxygen atoms in total. The molecule has 130 valence electrons. The quantitative estimate of drug-likeness (QED) is 0.891. The second kappa shape index (κ2) is 7.51. The molecule has 1 fully saturated rings. The highest BCUT2D eigenvalue weighted by Gasteiger charge is 2.26. The highest BCUT2D eigenvalue weighted by molar-refractivity contribution is 7.22. The number of thiazole rings is 1. The third-order valence-electron chi connectivity index (χ3n) is 4.69. The van der Waals surface area contributed by atoms with E-state index < -0.39 is 0 Å². The Balaban J connectivity index is 1.55. The fraction of sp³-hybridized carbons (Fsp3) is 0.579. The smallest absolute Gasteiger partial charge is 0.223 e. The second-order valence-corrected chi connectivity index (χ2v) is 8.21. The summed E-state index contributed by atoms with van der Waals surface area (Å²) in [5, 5.41) is 4.19. The van der Waals surface area contributed by atoms with Gasteiger partial charge in [-0.3, -0.25) is 4.79 Å². The highest BCUT2D eigenvalue weighted by Crippen LogP contribution is 2.32. The van der Waals surface area contributed by atoms with Crippen LogP contribution >= 0.6 is 11.3 Å². The van der Waals surface area contributed by atoms with E-state index in [1.54, 1.807) is 11.3 Å². The zero-order valence-corrected chi connectivity index (χ0v) is 15.7. The number of nitrogens with one attached hydrogen (secondary N) is 1. The van der Waals surface area contributed by atoms with Crippen molar-refractivity contribution in [3.63, 3.8) is 0 Å². The van der Waals surface area contributed by atoms with Crippen LogP contribution in [0.2, 0.25) is 0 Å². The Hall–Kier alpha value is -1.62. The van der Waals surface area contributed by atoms with Gasteiger partial charge in [0.2, 0.25) is 5.91 Å². The van der Waals surface area contributed by atoms with Gasteiger partial charge in [0, 0.05) is 25.6 Å². The van der Waals surface area contributed by atoms with Gasteiger partial charge in [-0.1, -0.05) is 31.3 Å². The summed E-state index contributed by atoms with van der Waals surface area (Å²) in [6.07, 6.45) is 2.89. The van der Waals surface area contributed by atoms with Crippen molar-refractivity contribution in [2.75, 3.05) is 24.5 Å². The monoisotopic (exact) mass is 345 g/mol. The lowest BCUT2D eigenvalue weighted by atomic mass is 9.96. The summed E-state index contributed by atoms with van der Waals surface area (Å²) in [5.74, 6) is 1.02. The van der Waals surface area contributed by atoms with Gasteiger partial charge in [0.25, 0.3) is 0 Å². The van der Waals surface area contributed by atoms with E-state index >= 15 is 0 Å². The number of hydrogen-bond acceptors (Lipinski definition) is 4. The molecule has 0 bridgehead atoms. The highest BCUT2D eigenvalue weighted by atomic mass is 32.1. The van der Waals surface area contributed by atoms with Gasteiger partial charge in [0.15, 0.2) is 5.13 Å². The number of aromatic nitrogens is 1. The van der Waals surface area contributed by atoms with Crippen LogP contribution in [0.3, 0.4) is 0 Å². The summed E-state index contributed by atoms with van der Waals surface area (Å²) in [5.41, 5.74) is 2.35. The van der Waals surface area contributed by atoms with Gasteiger partial charge in [-0.15, -0.1) is 0 Å². The van der Waals surface area contributed by atoms with Crippen LogP contribution in [0.4, 0.5) is 5.13 Å². The molecule has 2 aromatic rings.